The van der Waals surface area contributed by atoms with Gasteiger partial charge in [-0.2, -0.15) is 12.7 Å². The standard InChI is InChI=1S/C23H29N5O2S/c1-17-19(7-5-8-22(17)26-31(29,30)27(2)3)15-28-13-11-20(16-28)25-23-9-4-6-18-14-24-12-10-21(18)23/h4-10,12,14,20,25-26H,11,13,15-16H2,1-3H3/t20-/m1/s1. The molecule has 0 spiro atoms. The number of nitrogens with one attached hydrogen (secondary N) is 2. The first-order valence-electron chi connectivity index (χ1n) is 10.4. The molecule has 3 aromatic rings. The van der Waals surface area contributed by atoms with Crippen LogP contribution < -0.4 is 10.0 Å². The van der Waals surface area contributed by atoms with Crippen LogP contribution in [-0.2, 0) is 16.8 Å². The van der Waals surface area contributed by atoms with Crippen molar-refractivity contribution in [3.8, 4) is 0 Å². The number of likely N-dealkylation sites (tertiary alicyclic amines) is 1. The lowest BCUT2D eigenvalue weighted by atomic mass is 10.1. The number of anilines is 2. The van der Waals surface area contributed by atoms with Gasteiger partial charge < -0.3 is 5.32 Å². The first kappa shape index (κ1) is 21.5. The second kappa shape index (κ2) is 8.82. The summed E-state index contributed by atoms with van der Waals surface area (Å²) in [4.78, 5) is 6.62. The molecule has 0 aliphatic carbocycles. The second-order valence-corrected chi connectivity index (χ2v) is 10.1. The summed E-state index contributed by atoms with van der Waals surface area (Å²) in [7, 11) is -0.485. The minimum atomic E-state index is -3.52. The van der Waals surface area contributed by atoms with Gasteiger partial charge in [-0.25, -0.2) is 0 Å². The third-order valence-corrected chi connectivity index (χ3v) is 7.31. The number of rotatable bonds is 7. The molecule has 1 aliphatic rings. The van der Waals surface area contributed by atoms with Gasteiger partial charge in [0.1, 0.15) is 0 Å². The minimum Gasteiger partial charge on any atom is -0.380 e. The number of aromatic nitrogens is 1. The van der Waals surface area contributed by atoms with E-state index in [2.05, 4.69) is 44.2 Å². The summed E-state index contributed by atoms with van der Waals surface area (Å²) in [5.41, 5.74) is 3.87. The smallest absolute Gasteiger partial charge is 0.301 e. The van der Waals surface area contributed by atoms with Gasteiger partial charge in [-0.1, -0.05) is 24.3 Å². The van der Waals surface area contributed by atoms with Crippen LogP contribution in [0.2, 0.25) is 0 Å². The van der Waals surface area contributed by atoms with Crippen LogP contribution in [0.15, 0.2) is 54.9 Å². The molecule has 1 fully saturated rings. The SMILES string of the molecule is Cc1c(CN2CC[C@@H](Nc3cccc4cnccc34)C2)cccc1NS(=O)(=O)N(C)C. The molecule has 2 N–H and O–H groups in total. The van der Waals surface area contributed by atoms with Gasteiger partial charge in [-0.05, 0) is 42.7 Å². The van der Waals surface area contributed by atoms with Crippen molar-refractivity contribution in [2.75, 3.05) is 37.2 Å². The maximum absolute atomic E-state index is 12.2. The molecule has 2 aromatic carbocycles. The van der Waals surface area contributed by atoms with E-state index in [1.165, 1.54) is 23.8 Å². The summed E-state index contributed by atoms with van der Waals surface area (Å²) in [6.07, 6.45) is 4.78. The lowest BCUT2D eigenvalue weighted by Crippen LogP contribution is -2.29. The van der Waals surface area contributed by atoms with Crippen LogP contribution in [0.4, 0.5) is 11.4 Å². The fourth-order valence-electron chi connectivity index (χ4n) is 4.00. The molecule has 0 unspecified atom stereocenters. The maximum atomic E-state index is 12.2. The monoisotopic (exact) mass is 439 g/mol. The number of pyridine rings is 1. The van der Waals surface area contributed by atoms with Gasteiger partial charge in [0, 0.05) is 68.6 Å². The van der Waals surface area contributed by atoms with E-state index >= 15 is 0 Å². The van der Waals surface area contributed by atoms with Gasteiger partial charge in [-0.15, -0.1) is 0 Å². The molecule has 8 heteroatoms. The van der Waals surface area contributed by atoms with Crippen LogP contribution >= 0.6 is 0 Å². The van der Waals surface area contributed by atoms with E-state index in [4.69, 9.17) is 0 Å². The topological polar surface area (TPSA) is 77.6 Å². The Morgan fingerprint density at radius 1 is 1.13 bits per heavy atom. The van der Waals surface area contributed by atoms with Gasteiger partial charge in [-0.3, -0.25) is 14.6 Å². The molecule has 7 nitrogen and oxygen atoms in total. The Kier molecular flexibility index (Phi) is 6.13. The van der Waals surface area contributed by atoms with Crippen LogP contribution in [0.1, 0.15) is 17.5 Å². The molecular weight excluding hydrogens is 410 g/mol. The van der Waals surface area contributed by atoms with Gasteiger partial charge in [0.15, 0.2) is 0 Å². The minimum absolute atomic E-state index is 0.370. The molecule has 1 aliphatic heterocycles. The Hall–Kier alpha value is -2.68. The lowest BCUT2D eigenvalue weighted by molar-refractivity contribution is 0.328. The van der Waals surface area contributed by atoms with E-state index in [1.807, 2.05) is 37.5 Å². The quantitative estimate of drug-likeness (QED) is 0.590. The molecule has 1 aromatic heterocycles. The van der Waals surface area contributed by atoms with Crippen molar-refractivity contribution in [2.45, 2.75) is 25.9 Å². The highest BCUT2D eigenvalue weighted by atomic mass is 32.2. The zero-order chi connectivity index (χ0) is 22.0. The van der Waals surface area contributed by atoms with Crippen LogP contribution in [-0.4, -0.2) is 55.8 Å². The Morgan fingerprint density at radius 2 is 1.90 bits per heavy atom. The molecule has 0 radical (unpaired) electrons. The van der Waals surface area contributed by atoms with Crippen LogP contribution in [0.25, 0.3) is 10.8 Å². The third kappa shape index (κ3) is 4.81. The number of hydrogen-bond acceptors (Lipinski definition) is 5. The molecule has 2 heterocycles. The van der Waals surface area contributed by atoms with E-state index in [-0.39, 0.29) is 0 Å². The average Bonchev–Trinajstić information content (AvgIpc) is 3.18. The number of benzene rings is 2. The summed E-state index contributed by atoms with van der Waals surface area (Å²) in [5.74, 6) is 0. The normalized spacial score (nSPS) is 17.4. The summed E-state index contributed by atoms with van der Waals surface area (Å²) >= 11 is 0. The summed E-state index contributed by atoms with van der Waals surface area (Å²) < 4.78 is 28.3. The van der Waals surface area contributed by atoms with Gasteiger partial charge in [0.25, 0.3) is 0 Å². The molecule has 1 saturated heterocycles. The largest absolute Gasteiger partial charge is 0.380 e. The highest BCUT2D eigenvalue weighted by molar-refractivity contribution is 7.90. The fraction of sp³-hybridized carbons (Fsp3) is 0.348. The Labute approximate surface area is 184 Å². The molecule has 0 saturated carbocycles. The third-order valence-electron chi connectivity index (χ3n) is 5.87. The first-order valence-corrected chi connectivity index (χ1v) is 11.9. The average molecular weight is 440 g/mol. The zero-order valence-electron chi connectivity index (χ0n) is 18.2. The number of nitrogens with zero attached hydrogens (tertiary/aromatic N) is 3. The van der Waals surface area contributed by atoms with E-state index in [9.17, 15) is 8.42 Å². The summed E-state index contributed by atoms with van der Waals surface area (Å²) in [5, 5.41) is 6.02. The van der Waals surface area contributed by atoms with Crippen LogP contribution in [0.5, 0.6) is 0 Å². The molecule has 1 atom stereocenters. The summed E-state index contributed by atoms with van der Waals surface area (Å²) in [6.45, 7) is 4.70. The zero-order valence-corrected chi connectivity index (χ0v) is 19.0. The van der Waals surface area contributed by atoms with Gasteiger partial charge in [0.05, 0.1) is 5.69 Å². The molecule has 4 rings (SSSR count). The lowest BCUT2D eigenvalue weighted by Gasteiger charge is -2.21. The highest BCUT2D eigenvalue weighted by Crippen LogP contribution is 2.27. The van der Waals surface area contributed by atoms with Crippen molar-refractivity contribution >= 4 is 32.4 Å². The predicted octanol–water partition coefficient (Wildman–Crippen LogP) is 3.45. The Bertz CT molecular complexity index is 1170. The van der Waals surface area contributed by atoms with Crippen molar-refractivity contribution < 1.29 is 8.42 Å². The van der Waals surface area contributed by atoms with Crippen LogP contribution in [0, 0.1) is 6.92 Å². The van der Waals surface area contributed by atoms with Crippen LogP contribution in [0.3, 0.4) is 0 Å². The second-order valence-electron chi connectivity index (χ2n) is 8.25. The van der Waals surface area contributed by atoms with Crippen molar-refractivity contribution in [1.82, 2.24) is 14.2 Å². The molecule has 31 heavy (non-hydrogen) atoms. The van der Waals surface area contributed by atoms with Gasteiger partial charge in [0.2, 0.25) is 0 Å². The summed E-state index contributed by atoms with van der Waals surface area (Å²) in [6, 6.07) is 14.5. The van der Waals surface area contributed by atoms with E-state index in [0.717, 1.165) is 48.3 Å². The molecule has 0 amide bonds. The number of fused-ring (bicyclic) bond motifs is 1. The van der Waals surface area contributed by atoms with Crippen molar-refractivity contribution in [3.63, 3.8) is 0 Å². The van der Waals surface area contributed by atoms with Crippen molar-refractivity contribution in [2.24, 2.45) is 0 Å². The molecule has 0 bridgehead atoms. The van der Waals surface area contributed by atoms with E-state index in [0.29, 0.717) is 11.7 Å². The maximum Gasteiger partial charge on any atom is 0.301 e. The number of hydrogen-bond donors (Lipinski definition) is 2. The van der Waals surface area contributed by atoms with Crippen molar-refractivity contribution in [1.29, 1.82) is 0 Å². The first-order chi connectivity index (χ1) is 14.8. The fourth-order valence-corrected chi connectivity index (χ4v) is 4.68. The van der Waals surface area contributed by atoms with Gasteiger partial charge >= 0.3 is 10.2 Å². The van der Waals surface area contributed by atoms with E-state index in [1.54, 1.807) is 0 Å². The predicted molar refractivity (Wildman–Crippen MR) is 126 cm³/mol. The molecular formula is C23H29N5O2S. The Morgan fingerprint density at radius 3 is 2.71 bits per heavy atom. The van der Waals surface area contributed by atoms with Crippen molar-refractivity contribution in [3.05, 3.63) is 66.0 Å². The molecule has 164 valence electrons. The highest BCUT2D eigenvalue weighted by Gasteiger charge is 2.24. The van der Waals surface area contributed by atoms with E-state index < -0.39 is 10.2 Å². The Balaban J connectivity index is 1.43.